The Bertz CT molecular complexity index is 503. The van der Waals surface area contributed by atoms with Gasteiger partial charge in [0.2, 0.25) is 5.91 Å². The summed E-state index contributed by atoms with van der Waals surface area (Å²) in [6.07, 6.45) is 7.71. The Balaban J connectivity index is 1.59. The molecule has 0 aromatic carbocycles. The topological polar surface area (TPSA) is 42.0 Å². The van der Waals surface area contributed by atoms with Gasteiger partial charge in [0, 0.05) is 17.1 Å². The van der Waals surface area contributed by atoms with Crippen LogP contribution in [0.3, 0.4) is 0 Å². The van der Waals surface area contributed by atoms with Crippen LogP contribution in [0.25, 0.3) is 0 Å². The first-order valence-corrected chi connectivity index (χ1v) is 7.83. The maximum absolute atomic E-state index is 12.1. The second kappa shape index (κ2) is 5.23. The second-order valence-electron chi connectivity index (χ2n) is 6.01. The Morgan fingerprint density at radius 2 is 2.32 bits per heavy atom. The minimum Gasteiger partial charge on any atom is -0.310 e. The summed E-state index contributed by atoms with van der Waals surface area (Å²) in [5.74, 6) is 3.12. The highest BCUT2D eigenvalue weighted by Gasteiger charge is 2.40. The van der Waals surface area contributed by atoms with Crippen LogP contribution < -0.4 is 5.32 Å². The minimum atomic E-state index is 0.121. The minimum absolute atomic E-state index is 0.121. The number of anilines is 1. The van der Waals surface area contributed by atoms with Crippen LogP contribution in [0.4, 0.5) is 5.82 Å². The van der Waals surface area contributed by atoms with Gasteiger partial charge in [0.1, 0.15) is 5.82 Å². The first-order chi connectivity index (χ1) is 9.11. The molecular weight excluding hydrogens is 304 g/mol. The monoisotopic (exact) mass is 322 g/mol. The van der Waals surface area contributed by atoms with E-state index in [2.05, 4.69) is 26.2 Å². The van der Waals surface area contributed by atoms with E-state index in [4.69, 9.17) is 0 Å². The molecule has 1 aromatic heterocycles. The smallest absolute Gasteiger partial charge is 0.225 e. The molecule has 2 aliphatic rings. The molecule has 3 atom stereocenters. The van der Waals surface area contributed by atoms with Crippen molar-refractivity contribution in [2.45, 2.75) is 39.0 Å². The number of hydrogen-bond donors (Lipinski definition) is 1. The summed E-state index contributed by atoms with van der Waals surface area (Å²) in [7, 11) is 0. The highest BCUT2D eigenvalue weighted by atomic mass is 79.9. The first kappa shape index (κ1) is 13.1. The predicted molar refractivity (Wildman–Crippen MR) is 78.9 cm³/mol. The highest BCUT2D eigenvalue weighted by Crippen LogP contribution is 2.49. The van der Waals surface area contributed by atoms with Crippen LogP contribution in [0.15, 0.2) is 16.7 Å². The van der Waals surface area contributed by atoms with Crippen molar-refractivity contribution in [2.24, 2.45) is 17.8 Å². The van der Waals surface area contributed by atoms with E-state index in [-0.39, 0.29) is 5.91 Å². The predicted octanol–water partition coefficient (Wildman–Crippen LogP) is 3.92. The molecule has 3 rings (SSSR count). The molecule has 0 saturated heterocycles. The summed E-state index contributed by atoms with van der Waals surface area (Å²) in [4.78, 5) is 16.4. The fourth-order valence-corrected chi connectivity index (χ4v) is 4.16. The molecule has 1 N–H and O–H groups in total. The van der Waals surface area contributed by atoms with Crippen LogP contribution in [0.2, 0.25) is 0 Å². The number of carbonyl (C=O) groups is 1. The van der Waals surface area contributed by atoms with Crippen LogP contribution in [0.5, 0.6) is 0 Å². The zero-order valence-electron chi connectivity index (χ0n) is 11.2. The molecule has 4 heteroatoms. The Kier molecular flexibility index (Phi) is 3.61. The third-order valence-corrected chi connectivity index (χ3v) is 5.07. The van der Waals surface area contributed by atoms with Crippen molar-refractivity contribution in [3.8, 4) is 0 Å². The fraction of sp³-hybridized carbons (Fsp3) is 0.600. The molecule has 0 aliphatic heterocycles. The average molecular weight is 323 g/mol. The lowest BCUT2D eigenvalue weighted by atomic mass is 9.86. The van der Waals surface area contributed by atoms with Crippen LogP contribution in [0, 0.1) is 24.7 Å². The molecule has 102 valence electrons. The number of amides is 1. The van der Waals surface area contributed by atoms with Crippen molar-refractivity contribution >= 4 is 27.7 Å². The number of nitrogens with one attached hydrogen (secondary N) is 1. The third kappa shape index (κ3) is 2.83. The molecule has 2 saturated carbocycles. The van der Waals surface area contributed by atoms with Crippen molar-refractivity contribution in [1.82, 2.24) is 4.98 Å². The summed E-state index contributed by atoms with van der Waals surface area (Å²) in [6, 6.07) is 1.97. The SMILES string of the molecule is Cc1cc(Br)cnc1NC(=O)CC1CC2CCC1C2. The largest absolute Gasteiger partial charge is 0.310 e. The van der Waals surface area contributed by atoms with Crippen LogP contribution in [-0.2, 0) is 4.79 Å². The molecular formula is C15H19BrN2O. The summed E-state index contributed by atoms with van der Waals surface area (Å²) < 4.78 is 0.941. The van der Waals surface area contributed by atoms with Gasteiger partial charge in [-0.2, -0.15) is 0 Å². The average Bonchev–Trinajstić information content (AvgIpc) is 2.95. The second-order valence-corrected chi connectivity index (χ2v) is 6.92. The van der Waals surface area contributed by atoms with Gasteiger partial charge in [-0.3, -0.25) is 4.79 Å². The van der Waals surface area contributed by atoms with Gasteiger partial charge in [0.25, 0.3) is 0 Å². The van der Waals surface area contributed by atoms with Gasteiger partial charge in [-0.1, -0.05) is 6.42 Å². The first-order valence-electron chi connectivity index (χ1n) is 7.04. The van der Waals surface area contributed by atoms with Gasteiger partial charge < -0.3 is 5.32 Å². The van der Waals surface area contributed by atoms with Gasteiger partial charge in [-0.25, -0.2) is 4.98 Å². The lowest BCUT2D eigenvalue weighted by Crippen LogP contribution is -2.21. The number of carbonyl (C=O) groups excluding carboxylic acids is 1. The number of nitrogens with zero attached hydrogens (tertiary/aromatic N) is 1. The maximum Gasteiger partial charge on any atom is 0.225 e. The molecule has 1 heterocycles. The Morgan fingerprint density at radius 1 is 1.47 bits per heavy atom. The standard InChI is InChI=1S/C15H19BrN2O/c1-9-4-13(16)8-17-15(9)18-14(19)7-12-6-10-2-3-11(12)5-10/h4,8,10-12H,2-3,5-7H2,1H3,(H,17,18,19). The summed E-state index contributed by atoms with van der Waals surface area (Å²) >= 11 is 3.38. The van der Waals surface area contributed by atoms with E-state index in [1.54, 1.807) is 6.20 Å². The number of pyridine rings is 1. The van der Waals surface area contributed by atoms with Crippen LogP contribution >= 0.6 is 15.9 Å². The van der Waals surface area contributed by atoms with Crippen molar-refractivity contribution < 1.29 is 4.79 Å². The molecule has 2 aliphatic carbocycles. The van der Waals surface area contributed by atoms with Gasteiger partial charge >= 0.3 is 0 Å². The Labute approximate surface area is 122 Å². The van der Waals surface area contributed by atoms with Crippen molar-refractivity contribution in [3.63, 3.8) is 0 Å². The van der Waals surface area contributed by atoms with Crippen molar-refractivity contribution in [1.29, 1.82) is 0 Å². The van der Waals surface area contributed by atoms with E-state index in [1.165, 1.54) is 25.7 Å². The fourth-order valence-electron chi connectivity index (χ4n) is 3.72. The zero-order valence-corrected chi connectivity index (χ0v) is 12.7. The molecule has 3 nitrogen and oxygen atoms in total. The third-order valence-electron chi connectivity index (χ3n) is 4.63. The molecule has 0 radical (unpaired) electrons. The van der Waals surface area contributed by atoms with Crippen LogP contribution in [0.1, 0.15) is 37.7 Å². The quantitative estimate of drug-likeness (QED) is 0.916. The van der Waals surface area contributed by atoms with E-state index in [0.29, 0.717) is 18.2 Å². The maximum atomic E-state index is 12.1. The van der Waals surface area contributed by atoms with Crippen LogP contribution in [-0.4, -0.2) is 10.9 Å². The zero-order chi connectivity index (χ0) is 13.4. The van der Waals surface area contributed by atoms with E-state index in [9.17, 15) is 4.79 Å². The highest BCUT2D eigenvalue weighted by molar-refractivity contribution is 9.10. The number of fused-ring (bicyclic) bond motifs is 2. The van der Waals surface area contributed by atoms with Gasteiger partial charge in [-0.15, -0.1) is 0 Å². The van der Waals surface area contributed by atoms with E-state index in [1.807, 2.05) is 13.0 Å². The van der Waals surface area contributed by atoms with Gasteiger partial charge in [0.05, 0.1) is 0 Å². The number of halogens is 1. The molecule has 2 fully saturated rings. The van der Waals surface area contributed by atoms with Gasteiger partial charge in [0.15, 0.2) is 0 Å². The van der Waals surface area contributed by atoms with Gasteiger partial charge in [-0.05, 0) is 71.5 Å². The van der Waals surface area contributed by atoms with E-state index < -0.39 is 0 Å². The molecule has 3 unspecified atom stereocenters. The normalized spacial score (nSPS) is 28.6. The molecule has 19 heavy (non-hydrogen) atoms. The molecule has 0 spiro atoms. The lowest BCUT2D eigenvalue weighted by molar-refractivity contribution is -0.117. The van der Waals surface area contributed by atoms with Crippen molar-refractivity contribution in [2.75, 3.05) is 5.32 Å². The lowest BCUT2D eigenvalue weighted by Gasteiger charge is -2.21. The van der Waals surface area contributed by atoms with Crippen molar-refractivity contribution in [3.05, 3.63) is 22.3 Å². The number of rotatable bonds is 3. The summed E-state index contributed by atoms with van der Waals surface area (Å²) in [6.45, 7) is 1.96. The Morgan fingerprint density at radius 3 is 2.95 bits per heavy atom. The summed E-state index contributed by atoms with van der Waals surface area (Å²) in [5.41, 5.74) is 0.996. The number of aromatic nitrogens is 1. The number of hydrogen-bond acceptors (Lipinski definition) is 2. The molecule has 1 aromatic rings. The number of aryl methyl sites for hydroxylation is 1. The van der Waals surface area contributed by atoms with E-state index in [0.717, 1.165) is 21.9 Å². The summed E-state index contributed by atoms with van der Waals surface area (Å²) in [5, 5.41) is 2.95. The van der Waals surface area contributed by atoms with E-state index >= 15 is 0 Å². The molecule has 2 bridgehead atoms. The Hall–Kier alpha value is -0.900. The molecule has 1 amide bonds.